The Morgan fingerprint density at radius 2 is 0.802 bits per heavy atom. The lowest BCUT2D eigenvalue weighted by atomic mass is 9.97. The van der Waals surface area contributed by atoms with Crippen molar-refractivity contribution in [3.8, 4) is 62.0 Å². The van der Waals surface area contributed by atoms with Crippen LogP contribution in [0.4, 0.5) is 57.4 Å². The van der Waals surface area contributed by atoms with Crippen LogP contribution in [0, 0.1) is 75.1 Å². The molecule has 7 heterocycles. The first-order valence-corrected chi connectivity index (χ1v) is 45.0. The minimum atomic E-state index is -0.224. The van der Waals surface area contributed by atoms with Gasteiger partial charge in [0.05, 0.1) is 41.9 Å². The van der Waals surface area contributed by atoms with Crippen molar-refractivity contribution < 1.29 is 9.13 Å². The largest absolute Gasteiger partial charge is 0.497 e. The average molecular weight is 1800 g/mol. The van der Waals surface area contributed by atoms with E-state index in [2.05, 4.69) is 259 Å². The fraction of sp³-hybridized carbons (Fsp3) is 0.267. The topological polar surface area (TPSA) is 337 Å². The summed E-state index contributed by atoms with van der Waals surface area (Å²) in [6.45, 7) is 29.3. The van der Waals surface area contributed by atoms with Crippen LogP contribution >= 0.6 is 23.2 Å². The molecule has 2 unspecified atom stereocenters. The van der Waals surface area contributed by atoms with E-state index in [1.54, 1.807) is 25.4 Å². The van der Waals surface area contributed by atoms with E-state index < -0.39 is 0 Å². The zero-order valence-corrected chi connectivity index (χ0v) is 78.3. The van der Waals surface area contributed by atoms with E-state index in [1.807, 2.05) is 110 Å². The molecule has 26 heteroatoms. The van der Waals surface area contributed by atoms with Gasteiger partial charge in [-0.2, -0.15) is 19.9 Å². The Labute approximate surface area is 779 Å². The van der Waals surface area contributed by atoms with Crippen LogP contribution in [0.15, 0.2) is 237 Å². The molecule has 14 N–H and O–H groups in total. The highest BCUT2D eigenvalue weighted by atomic mass is 35.5. The van der Waals surface area contributed by atoms with E-state index in [0.29, 0.717) is 30.3 Å². The van der Waals surface area contributed by atoms with Gasteiger partial charge in [0.15, 0.2) is 0 Å². The molecule has 6 aromatic heterocycles. The van der Waals surface area contributed by atoms with Crippen molar-refractivity contribution in [2.45, 2.75) is 140 Å². The van der Waals surface area contributed by atoms with Crippen molar-refractivity contribution in [2.24, 2.45) is 0 Å². The normalized spacial score (nSPS) is 12.0. The highest BCUT2D eigenvalue weighted by Crippen LogP contribution is 2.35. The van der Waals surface area contributed by atoms with Crippen LogP contribution in [0.5, 0.6) is 5.75 Å². The number of benzene rings is 9. The number of anilines is 9. The Bertz CT molecular complexity index is 6280. The summed E-state index contributed by atoms with van der Waals surface area (Å²) in [5, 5.41) is 14.8. The molecule has 0 radical (unpaired) electrons. The molecule has 16 rings (SSSR count). The van der Waals surface area contributed by atoms with Crippen LogP contribution in [0.1, 0.15) is 128 Å². The SMILES string of the molecule is COc1ccc(C(CCc2cc(-c3cccc(C)c3C)nc(N)n2)N2CCCC2)cc1.Cc1cccc(-c2cc(NCC(C)c3ccc(Cl)cc3)nc(N)n2)c1C.Cc1cccc(-c2cc(NCCCn3ccnc3)nc(N)n2)c1C.Cc1cccc(-c2cc(NCCc3ccc(F)cc3)nc(N)n2)c1C.Cc1cccc(-c2cc(NCCc3cccc(Cl)c3)nc(N)n2)c1C. The molecule has 15 aromatic rings. The quantitative estimate of drug-likeness (QED) is 0.0206. The Morgan fingerprint density at radius 1 is 0.405 bits per heavy atom. The van der Waals surface area contributed by atoms with E-state index in [4.69, 9.17) is 56.6 Å². The van der Waals surface area contributed by atoms with E-state index in [1.165, 1.54) is 97.3 Å². The Hall–Kier alpha value is -13.9. The Kier molecular flexibility index (Phi) is 34.4. The number of aryl methyl sites for hydroxylation is 7. The first-order valence-electron chi connectivity index (χ1n) is 44.3. The highest BCUT2D eigenvalue weighted by Gasteiger charge is 2.25. The van der Waals surface area contributed by atoms with E-state index in [-0.39, 0.29) is 29.6 Å². The Morgan fingerprint density at radius 3 is 1.22 bits per heavy atom. The van der Waals surface area contributed by atoms with E-state index >= 15 is 0 Å². The van der Waals surface area contributed by atoms with Crippen LogP contribution in [0.3, 0.4) is 0 Å². The summed E-state index contributed by atoms with van der Waals surface area (Å²) < 4.78 is 20.3. The van der Waals surface area contributed by atoms with Crippen LogP contribution in [-0.4, -0.2) is 111 Å². The van der Waals surface area contributed by atoms with Gasteiger partial charge in [0.1, 0.15) is 34.8 Å². The summed E-state index contributed by atoms with van der Waals surface area (Å²) in [5.41, 5.74) is 57.3. The first-order chi connectivity index (χ1) is 63.2. The fourth-order valence-electron chi connectivity index (χ4n) is 15.5. The van der Waals surface area contributed by atoms with Gasteiger partial charge in [-0.3, -0.25) is 4.90 Å². The number of nitrogens with one attached hydrogen (secondary N) is 4. The van der Waals surface area contributed by atoms with E-state index in [0.717, 1.165) is 172 Å². The number of halogens is 3. The standard InChI is InChI=1S/C26H32N4O.C21H23ClN4.C20H21ClN4.C20H21FN4.C18H22N6/c1-18-7-6-8-23(19(18)2)24-17-21(28-26(27)29-24)11-14-25(30-15-4-5-16-30)20-9-12-22(31-3)13-10-20;1-13-5-4-6-18(15(13)3)19-11-20(26-21(23)25-19)24-12-14(2)16-7-9-17(22)10-8-16;1-13-5-3-8-17(14(13)2)18-12-19(25-20(22)24-18)23-10-9-15-6-4-7-16(21)11-15;1-13-4-3-5-17(14(13)2)18-12-19(25-20(22)24-18)23-11-10-15-6-8-16(21)9-7-15;1-13-5-3-6-15(14(13)2)16-11-17(23-18(19)22-16)21-7-4-9-24-10-8-20-12-24/h6-10,12-13,17,25H,4-5,11,14-16H2,1-3H3,(H2,27,28,29);4-11,14H,12H2,1-3H3,(H3,23,24,25,26);3-8,11-12H,9-10H2,1-2H3,(H3,22,23,24,25);3-9,12H,10-11H2,1-2H3,(H3,22,23,24,25);3,5-6,8,10-12H,4,7,9H2,1-2H3,(H3,19,21,22,23). The zero-order chi connectivity index (χ0) is 93.0. The number of aromatic nitrogens is 12. The van der Waals surface area contributed by atoms with Crippen molar-refractivity contribution in [3.05, 3.63) is 337 Å². The number of ether oxygens (including phenoxy) is 1. The van der Waals surface area contributed by atoms with Gasteiger partial charge in [0.2, 0.25) is 29.7 Å². The lowest BCUT2D eigenvalue weighted by Gasteiger charge is -2.28. The molecule has 1 saturated heterocycles. The summed E-state index contributed by atoms with van der Waals surface area (Å²) in [7, 11) is 1.71. The zero-order valence-electron chi connectivity index (χ0n) is 76.8. The second kappa shape index (κ2) is 46.9. The monoisotopic (exact) mass is 1790 g/mol. The van der Waals surface area contributed by atoms with Crippen LogP contribution < -0.4 is 54.7 Å². The van der Waals surface area contributed by atoms with Crippen LogP contribution in [0.25, 0.3) is 56.3 Å². The van der Waals surface area contributed by atoms with Gasteiger partial charge in [-0.15, -0.1) is 0 Å². The van der Waals surface area contributed by atoms with Crippen LogP contribution in [0.2, 0.25) is 10.0 Å². The fourth-order valence-corrected chi connectivity index (χ4v) is 15.8. The third kappa shape index (κ3) is 27.8. The van der Waals surface area contributed by atoms with Gasteiger partial charge in [-0.1, -0.05) is 170 Å². The summed E-state index contributed by atoms with van der Waals surface area (Å²) >= 11 is 12.0. The van der Waals surface area contributed by atoms with Crippen molar-refractivity contribution >= 4 is 76.2 Å². The average Bonchev–Trinajstić information content (AvgIpc) is 1.12. The predicted octanol–water partition coefficient (Wildman–Crippen LogP) is 22.2. The molecule has 1 aliphatic heterocycles. The first kappa shape index (κ1) is 96.1. The van der Waals surface area contributed by atoms with Gasteiger partial charge >= 0.3 is 0 Å². The van der Waals surface area contributed by atoms with E-state index in [9.17, 15) is 4.39 Å². The molecule has 1 fully saturated rings. The predicted molar refractivity (Wildman–Crippen MR) is 538 cm³/mol. The van der Waals surface area contributed by atoms with Gasteiger partial charge in [0.25, 0.3) is 0 Å². The number of nitrogen functional groups attached to an aromatic ring is 5. The number of nitrogens with zero attached hydrogens (tertiary/aromatic N) is 13. The maximum Gasteiger partial charge on any atom is 0.222 e. The van der Waals surface area contributed by atoms with Crippen molar-refractivity contribution in [2.75, 3.05) is 96.3 Å². The molecule has 0 bridgehead atoms. The maximum absolute atomic E-state index is 12.9. The number of nitrogens with two attached hydrogens (primary N) is 5. The third-order valence-corrected chi connectivity index (χ3v) is 24.1. The number of methoxy groups -OCH3 is 1. The second-order valence-corrected chi connectivity index (χ2v) is 33.8. The highest BCUT2D eigenvalue weighted by molar-refractivity contribution is 6.30. The molecule has 131 heavy (non-hydrogen) atoms. The number of rotatable bonds is 28. The number of hydrogen-bond acceptors (Lipinski definition) is 22. The van der Waals surface area contributed by atoms with Crippen molar-refractivity contribution in [1.29, 1.82) is 0 Å². The molecule has 9 aromatic carbocycles. The third-order valence-electron chi connectivity index (χ3n) is 23.7. The lowest BCUT2D eigenvalue weighted by molar-refractivity contribution is 0.233. The molecule has 2 atom stereocenters. The second-order valence-electron chi connectivity index (χ2n) is 32.9. The molecule has 676 valence electrons. The van der Waals surface area contributed by atoms with Gasteiger partial charge < -0.3 is 59.2 Å². The molecule has 1 aliphatic rings. The molecular formula is C105H119Cl2FN22O. The minimum absolute atomic E-state index is 0.224. The van der Waals surface area contributed by atoms with Crippen molar-refractivity contribution in [3.63, 3.8) is 0 Å². The van der Waals surface area contributed by atoms with Gasteiger partial charge in [-0.25, -0.2) is 39.3 Å². The minimum Gasteiger partial charge on any atom is -0.497 e. The Balaban J connectivity index is 0.000000148. The number of hydrogen-bond donors (Lipinski definition) is 9. The summed E-state index contributed by atoms with van der Waals surface area (Å²) in [4.78, 5) is 50.4. The molecule has 0 saturated carbocycles. The number of likely N-dealkylation sites (tertiary alicyclic amines) is 1. The molecule has 0 spiro atoms. The molecule has 0 amide bonds. The summed E-state index contributed by atoms with van der Waals surface area (Å²) in [6.07, 6.45) is 12.5. The summed E-state index contributed by atoms with van der Waals surface area (Å²) in [6, 6.07) is 72.0. The van der Waals surface area contributed by atoms with Gasteiger partial charge in [0, 0.05) is 119 Å². The van der Waals surface area contributed by atoms with Crippen molar-refractivity contribution in [1.82, 2.24) is 64.3 Å². The van der Waals surface area contributed by atoms with Crippen LogP contribution in [-0.2, 0) is 25.8 Å². The van der Waals surface area contributed by atoms with Gasteiger partial charge in [-0.05, 0) is 266 Å². The molecule has 0 aliphatic carbocycles. The smallest absolute Gasteiger partial charge is 0.222 e. The number of imidazole rings is 1. The maximum atomic E-state index is 12.9. The molecular weight excluding hydrogens is 1680 g/mol. The lowest BCUT2D eigenvalue weighted by Crippen LogP contribution is -2.26. The summed E-state index contributed by atoms with van der Waals surface area (Å²) in [5.74, 6) is 5.28. The molecule has 23 nitrogen and oxygen atoms in total.